The van der Waals surface area contributed by atoms with Crippen molar-refractivity contribution in [3.8, 4) is 16.5 Å². The first-order chi connectivity index (χ1) is 13.7. The van der Waals surface area contributed by atoms with Gasteiger partial charge in [-0.05, 0) is 56.2 Å². The lowest BCUT2D eigenvalue weighted by atomic mass is 10.1. The zero-order valence-electron chi connectivity index (χ0n) is 15.7. The summed E-state index contributed by atoms with van der Waals surface area (Å²) in [4.78, 5) is 23.5. The molecule has 4 aromatic rings. The Balaban J connectivity index is 1.62. The molecule has 6 heteroatoms. The van der Waals surface area contributed by atoms with E-state index in [-0.39, 0.29) is 5.78 Å². The number of nitrogens with zero attached hydrogens (tertiary/aromatic N) is 3. The molecule has 0 radical (unpaired) electrons. The van der Waals surface area contributed by atoms with Gasteiger partial charge in [0.2, 0.25) is 5.78 Å². The molecule has 28 heavy (non-hydrogen) atoms. The molecule has 5 nitrogen and oxygen atoms in total. The molecule has 1 aromatic carbocycles. The molecule has 1 aliphatic rings. The number of imidazole rings is 1. The average Bonchev–Trinajstić information content (AvgIpc) is 3.39. The number of ether oxygens (including phenoxy) is 1. The number of rotatable bonds is 5. The van der Waals surface area contributed by atoms with Crippen molar-refractivity contribution in [3.63, 3.8) is 0 Å². The van der Waals surface area contributed by atoms with Gasteiger partial charge in [-0.2, -0.15) is 0 Å². The lowest BCUT2D eigenvalue weighted by Gasteiger charge is -2.03. The highest BCUT2D eigenvalue weighted by Crippen LogP contribution is 2.45. The number of carbonyl (C=O) groups is 1. The van der Waals surface area contributed by atoms with Gasteiger partial charge in [0.25, 0.3) is 0 Å². The lowest BCUT2D eigenvalue weighted by molar-refractivity contribution is 0.104. The van der Waals surface area contributed by atoms with E-state index in [2.05, 4.69) is 4.98 Å². The Morgan fingerprint density at radius 2 is 1.93 bits per heavy atom. The minimum absolute atomic E-state index is 0.0276. The number of ketones is 1. The van der Waals surface area contributed by atoms with E-state index in [0.717, 1.165) is 51.2 Å². The first-order valence-corrected chi connectivity index (χ1v) is 10.1. The molecule has 0 saturated heterocycles. The summed E-state index contributed by atoms with van der Waals surface area (Å²) in [5.41, 5.74) is 4.38. The molecule has 0 amide bonds. The molecule has 3 aromatic heterocycles. The van der Waals surface area contributed by atoms with E-state index in [1.54, 1.807) is 7.11 Å². The summed E-state index contributed by atoms with van der Waals surface area (Å²) in [6, 6.07) is 13.2. The number of thiazole rings is 1. The van der Waals surface area contributed by atoms with Gasteiger partial charge in [-0.3, -0.25) is 9.20 Å². The van der Waals surface area contributed by atoms with E-state index in [1.807, 2.05) is 60.0 Å². The lowest BCUT2D eigenvalue weighted by Crippen LogP contribution is -2.02. The smallest absolute Gasteiger partial charge is 0.204 e. The van der Waals surface area contributed by atoms with Gasteiger partial charge in [0.15, 0.2) is 0 Å². The fourth-order valence-electron chi connectivity index (χ4n) is 3.47. The zero-order chi connectivity index (χ0) is 19.3. The number of hydrogen-bond donors (Lipinski definition) is 0. The highest BCUT2D eigenvalue weighted by atomic mass is 32.1. The molecule has 0 atom stereocenters. The van der Waals surface area contributed by atoms with E-state index < -0.39 is 0 Å². The summed E-state index contributed by atoms with van der Waals surface area (Å²) in [7, 11) is 1.62. The van der Waals surface area contributed by atoms with Crippen LogP contribution in [-0.4, -0.2) is 27.3 Å². The van der Waals surface area contributed by atoms with Gasteiger partial charge in [0.1, 0.15) is 22.1 Å². The van der Waals surface area contributed by atoms with Crippen LogP contribution < -0.4 is 4.74 Å². The third kappa shape index (κ3) is 2.81. The number of aromatic nitrogens is 3. The van der Waals surface area contributed by atoms with Crippen molar-refractivity contribution in [2.75, 3.05) is 7.11 Å². The molecule has 0 spiro atoms. The molecule has 1 aliphatic carbocycles. The van der Waals surface area contributed by atoms with Crippen LogP contribution in [0.5, 0.6) is 5.75 Å². The maximum atomic E-state index is 13.2. The Labute approximate surface area is 166 Å². The van der Waals surface area contributed by atoms with Gasteiger partial charge in [-0.1, -0.05) is 6.07 Å². The first-order valence-electron chi connectivity index (χ1n) is 9.29. The zero-order valence-corrected chi connectivity index (χ0v) is 16.5. The van der Waals surface area contributed by atoms with E-state index in [1.165, 1.54) is 11.3 Å². The second-order valence-electron chi connectivity index (χ2n) is 7.04. The fourth-order valence-corrected chi connectivity index (χ4v) is 4.68. The van der Waals surface area contributed by atoms with Crippen LogP contribution in [0, 0.1) is 6.92 Å². The molecule has 0 unspecified atom stereocenters. The van der Waals surface area contributed by atoms with Crippen molar-refractivity contribution in [3.05, 3.63) is 70.5 Å². The monoisotopic (exact) mass is 389 g/mol. The van der Waals surface area contributed by atoms with Gasteiger partial charge >= 0.3 is 0 Å². The maximum absolute atomic E-state index is 13.2. The van der Waals surface area contributed by atoms with Crippen molar-refractivity contribution >= 4 is 22.8 Å². The molecule has 0 aliphatic heterocycles. The fraction of sp³-hybridized carbons (Fsp3) is 0.227. The third-order valence-electron chi connectivity index (χ3n) is 5.08. The standard InChI is InChI=1S/C22H19N3O2S/c1-13-19(25-12-4-3-5-17(25)23-13)22-24-18(14-6-7-14)21(28-22)20(26)15-8-10-16(27-2)11-9-15/h3-5,8-12,14H,6-7H2,1-2H3. The summed E-state index contributed by atoms with van der Waals surface area (Å²) in [6.45, 7) is 1.99. The summed E-state index contributed by atoms with van der Waals surface area (Å²) >= 11 is 1.47. The number of hydrogen-bond acceptors (Lipinski definition) is 5. The van der Waals surface area contributed by atoms with Crippen LogP contribution in [0.2, 0.25) is 0 Å². The first kappa shape index (κ1) is 17.1. The van der Waals surface area contributed by atoms with Gasteiger partial charge in [0, 0.05) is 17.7 Å². The number of benzene rings is 1. The molecule has 3 heterocycles. The third-order valence-corrected chi connectivity index (χ3v) is 6.16. The number of carbonyl (C=O) groups excluding carboxylic acids is 1. The van der Waals surface area contributed by atoms with Gasteiger partial charge in [0.05, 0.1) is 23.4 Å². The number of aryl methyl sites for hydroxylation is 1. The number of pyridine rings is 1. The van der Waals surface area contributed by atoms with Gasteiger partial charge in [-0.15, -0.1) is 11.3 Å². The summed E-state index contributed by atoms with van der Waals surface area (Å²) < 4.78 is 7.25. The Hall–Kier alpha value is -2.99. The molecular weight excluding hydrogens is 370 g/mol. The van der Waals surface area contributed by atoms with E-state index in [9.17, 15) is 4.79 Å². The minimum Gasteiger partial charge on any atom is -0.497 e. The largest absolute Gasteiger partial charge is 0.497 e. The summed E-state index contributed by atoms with van der Waals surface area (Å²) in [5.74, 6) is 1.16. The van der Waals surface area contributed by atoms with Crippen molar-refractivity contribution in [2.45, 2.75) is 25.7 Å². The number of methoxy groups -OCH3 is 1. The van der Waals surface area contributed by atoms with Gasteiger partial charge in [-0.25, -0.2) is 9.97 Å². The van der Waals surface area contributed by atoms with E-state index >= 15 is 0 Å². The van der Waals surface area contributed by atoms with Crippen LogP contribution in [0.15, 0.2) is 48.7 Å². The highest BCUT2D eigenvalue weighted by molar-refractivity contribution is 7.17. The molecular formula is C22H19N3O2S. The predicted octanol–water partition coefficient (Wildman–Crippen LogP) is 4.88. The quantitative estimate of drug-likeness (QED) is 0.456. The number of fused-ring (bicyclic) bond motifs is 1. The van der Waals surface area contributed by atoms with Gasteiger partial charge < -0.3 is 4.74 Å². The van der Waals surface area contributed by atoms with Crippen LogP contribution in [0.3, 0.4) is 0 Å². The van der Waals surface area contributed by atoms with Crippen LogP contribution in [0.1, 0.15) is 45.4 Å². The molecule has 5 rings (SSSR count). The summed E-state index contributed by atoms with van der Waals surface area (Å²) in [5, 5.41) is 0.856. The van der Waals surface area contributed by atoms with Crippen LogP contribution >= 0.6 is 11.3 Å². The molecule has 1 fully saturated rings. The van der Waals surface area contributed by atoms with E-state index in [0.29, 0.717) is 11.5 Å². The van der Waals surface area contributed by atoms with Crippen LogP contribution in [-0.2, 0) is 0 Å². The highest BCUT2D eigenvalue weighted by Gasteiger charge is 2.33. The Bertz CT molecular complexity index is 1190. The second-order valence-corrected chi connectivity index (χ2v) is 8.04. The van der Waals surface area contributed by atoms with Crippen molar-refractivity contribution in [1.82, 2.24) is 14.4 Å². The van der Waals surface area contributed by atoms with Crippen molar-refractivity contribution in [1.29, 1.82) is 0 Å². The Morgan fingerprint density at radius 1 is 1.14 bits per heavy atom. The molecule has 0 bridgehead atoms. The average molecular weight is 389 g/mol. The van der Waals surface area contributed by atoms with Crippen molar-refractivity contribution < 1.29 is 9.53 Å². The maximum Gasteiger partial charge on any atom is 0.204 e. The predicted molar refractivity (Wildman–Crippen MR) is 109 cm³/mol. The summed E-state index contributed by atoms with van der Waals surface area (Å²) in [6.07, 6.45) is 4.18. The van der Waals surface area contributed by atoms with Crippen LogP contribution in [0.25, 0.3) is 16.3 Å². The van der Waals surface area contributed by atoms with E-state index in [4.69, 9.17) is 9.72 Å². The van der Waals surface area contributed by atoms with Crippen LogP contribution in [0.4, 0.5) is 0 Å². The molecule has 0 N–H and O–H groups in total. The molecule has 1 saturated carbocycles. The second kappa shape index (κ2) is 6.56. The SMILES string of the molecule is COc1ccc(C(=O)c2sc(-c3c(C)nc4ccccn34)nc2C2CC2)cc1. The van der Waals surface area contributed by atoms with Crippen molar-refractivity contribution in [2.24, 2.45) is 0 Å². The topological polar surface area (TPSA) is 56.5 Å². The minimum atomic E-state index is 0.0276. The Morgan fingerprint density at radius 3 is 2.64 bits per heavy atom. The molecule has 140 valence electrons. The normalized spacial score (nSPS) is 13.8. The Kier molecular flexibility index (Phi) is 4.02.